The number of anilines is 1. The van der Waals surface area contributed by atoms with Crippen molar-refractivity contribution in [2.24, 2.45) is 11.5 Å². The minimum absolute atomic E-state index is 0.339. The molecule has 0 aliphatic heterocycles. The van der Waals surface area contributed by atoms with Crippen LogP contribution in [-0.2, 0) is 16.4 Å². The Morgan fingerprint density at radius 3 is 2.31 bits per heavy atom. The molecule has 0 bridgehead atoms. The summed E-state index contributed by atoms with van der Waals surface area (Å²) in [5.74, 6) is -0.339. The van der Waals surface area contributed by atoms with Crippen LogP contribution in [0.2, 0.25) is 0 Å². The fraction of sp³-hybridized carbons (Fsp3) is 0.304. The number of nitrogens with one attached hydrogen (secondary N) is 1. The predicted molar refractivity (Wildman–Crippen MR) is 123 cm³/mol. The molecule has 5 N–H and O–H groups in total. The van der Waals surface area contributed by atoms with Crippen LogP contribution in [0, 0.1) is 6.92 Å². The summed E-state index contributed by atoms with van der Waals surface area (Å²) in [6.45, 7) is 6.67. The second kappa shape index (κ2) is 10.6. The normalized spacial score (nSPS) is 11.5. The number of hydrogen-bond acceptors (Lipinski definition) is 5. The van der Waals surface area contributed by atoms with Gasteiger partial charge in [0.2, 0.25) is 5.91 Å². The van der Waals surface area contributed by atoms with Gasteiger partial charge in [0.25, 0.3) is 0 Å². The van der Waals surface area contributed by atoms with E-state index in [2.05, 4.69) is 10.3 Å². The molecule has 3 aromatic rings. The van der Waals surface area contributed by atoms with Crippen molar-refractivity contribution in [3.63, 3.8) is 0 Å². The number of rotatable bonds is 6. The molecule has 0 radical (unpaired) electrons. The Hall–Kier alpha value is -2.91. The minimum Gasteiger partial charge on any atom is -0.369 e. The van der Waals surface area contributed by atoms with Crippen LogP contribution in [0.25, 0.3) is 10.4 Å². The maximum absolute atomic E-state index is 11.9. The van der Waals surface area contributed by atoms with E-state index in [0.717, 1.165) is 38.8 Å². The first-order valence-electron chi connectivity index (χ1n) is 9.89. The van der Waals surface area contributed by atoms with Crippen LogP contribution in [0.4, 0.5) is 18.3 Å². The summed E-state index contributed by atoms with van der Waals surface area (Å²) < 4.78 is 35.8. The molecular formula is C23H27F3N4OS. The number of nitrogens with zero attached hydrogens (tertiary/aromatic N) is 1. The molecule has 5 nitrogen and oxygen atoms in total. The summed E-state index contributed by atoms with van der Waals surface area (Å²) in [6.07, 6.45) is -2.40. The maximum Gasteiger partial charge on any atom is 0.416 e. The number of benzene rings is 2. The van der Waals surface area contributed by atoms with Crippen LogP contribution < -0.4 is 16.8 Å². The average molecular weight is 465 g/mol. The number of halogens is 3. The molecule has 0 atom stereocenters. The molecule has 3 rings (SSSR count). The number of carbonyl (C=O) groups excluding carboxylic acids is 1. The lowest BCUT2D eigenvalue weighted by Gasteiger charge is -2.21. The molecule has 9 heteroatoms. The quantitative estimate of drug-likeness (QED) is 0.481. The highest BCUT2D eigenvalue weighted by atomic mass is 32.1. The molecule has 32 heavy (non-hydrogen) atoms. The Balaban J connectivity index is 0.000000278. The highest BCUT2D eigenvalue weighted by Crippen LogP contribution is 2.32. The zero-order chi connectivity index (χ0) is 23.9. The minimum atomic E-state index is -4.21. The monoisotopic (exact) mass is 464 g/mol. The molecule has 0 fully saturated rings. The number of nitrogens with two attached hydrogens (primary N) is 2. The molecule has 0 saturated heterocycles. The third-order valence-electron chi connectivity index (χ3n) is 4.79. The van der Waals surface area contributed by atoms with Gasteiger partial charge in [-0.2, -0.15) is 13.2 Å². The number of hydrogen-bond donors (Lipinski definition) is 3. The van der Waals surface area contributed by atoms with Crippen molar-refractivity contribution < 1.29 is 18.0 Å². The molecule has 1 amide bonds. The molecule has 0 saturated carbocycles. The molecule has 0 spiro atoms. The summed E-state index contributed by atoms with van der Waals surface area (Å²) in [4.78, 5) is 16.9. The van der Waals surface area contributed by atoms with Crippen molar-refractivity contribution >= 4 is 22.4 Å². The SMILES string of the molecule is CC(C)(C(N)=O)c1cccc(-c2cnc(NCCN)s2)c1.Cc1ccc(C(F)(F)F)cc1. The molecule has 172 valence electrons. The number of aromatic nitrogens is 1. The van der Waals surface area contributed by atoms with Crippen molar-refractivity contribution in [3.05, 3.63) is 71.4 Å². The van der Waals surface area contributed by atoms with E-state index in [1.165, 1.54) is 12.1 Å². The van der Waals surface area contributed by atoms with Gasteiger partial charge in [-0.3, -0.25) is 4.79 Å². The van der Waals surface area contributed by atoms with E-state index in [-0.39, 0.29) is 5.91 Å². The number of aryl methyl sites for hydroxylation is 1. The van der Waals surface area contributed by atoms with Gasteiger partial charge in [-0.05, 0) is 50.1 Å². The Morgan fingerprint density at radius 1 is 1.09 bits per heavy atom. The third kappa shape index (κ3) is 6.80. The first-order chi connectivity index (χ1) is 14.9. The molecule has 2 aromatic carbocycles. The topological polar surface area (TPSA) is 94.0 Å². The first-order valence-corrected chi connectivity index (χ1v) is 10.7. The summed E-state index contributed by atoms with van der Waals surface area (Å²) in [5, 5.41) is 4.00. The standard InChI is InChI=1S/C15H20N4OS.C8H7F3/c1-15(2,13(17)20)11-5-3-4-10(8-11)12-9-19-14(21-12)18-7-6-16;1-6-2-4-7(5-3-6)8(9,10)11/h3-5,8-9H,6-7,16H2,1-2H3,(H2,17,20)(H,18,19);2-5H,1H3. The number of carbonyl (C=O) groups is 1. The Kier molecular flexibility index (Phi) is 8.40. The van der Waals surface area contributed by atoms with Gasteiger partial charge in [0.1, 0.15) is 0 Å². The average Bonchev–Trinajstić information content (AvgIpc) is 3.21. The summed E-state index contributed by atoms with van der Waals surface area (Å²) in [7, 11) is 0. The third-order valence-corrected chi connectivity index (χ3v) is 5.79. The van der Waals surface area contributed by atoms with E-state index >= 15 is 0 Å². The fourth-order valence-corrected chi connectivity index (χ4v) is 3.45. The molecule has 0 aliphatic carbocycles. The van der Waals surface area contributed by atoms with Crippen LogP contribution in [0.3, 0.4) is 0 Å². The molecule has 1 heterocycles. The van der Waals surface area contributed by atoms with E-state index in [4.69, 9.17) is 11.5 Å². The second-order valence-electron chi connectivity index (χ2n) is 7.68. The van der Waals surface area contributed by atoms with Gasteiger partial charge in [-0.1, -0.05) is 47.2 Å². The Bertz CT molecular complexity index is 1030. The fourth-order valence-electron chi connectivity index (χ4n) is 2.61. The van der Waals surface area contributed by atoms with Crippen molar-refractivity contribution in [1.29, 1.82) is 0 Å². The van der Waals surface area contributed by atoms with Crippen LogP contribution in [0.15, 0.2) is 54.7 Å². The largest absolute Gasteiger partial charge is 0.416 e. The van der Waals surface area contributed by atoms with Crippen LogP contribution >= 0.6 is 11.3 Å². The van der Waals surface area contributed by atoms with Crippen LogP contribution in [0.5, 0.6) is 0 Å². The zero-order valence-corrected chi connectivity index (χ0v) is 19.0. The van der Waals surface area contributed by atoms with Gasteiger partial charge in [-0.25, -0.2) is 4.98 Å². The van der Waals surface area contributed by atoms with E-state index in [1.54, 1.807) is 18.3 Å². The predicted octanol–water partition coefficient (Wildman–Crippen LogP) is 4.96. The van der Waals surface area contributed by atoms with Gasteiger partial charge in [-0.15, -0.1) is 0 Å². The number of thiazole rings is 1. The lowest BCUT2D eigenvalue weighted by molar-refractivity contribution is -0.137. The van der Waals surface area contributed by atoms with Crippen LogP contribution in [-0.4, -0.2) is 24.0 Å². The lowest BCUT2D eigenvalue weighted by Crippen LogP contribution is -2.35. The smallest absolute Gasteiger partial charge is 0.369 e. The molecule has 0 unspecified atom stereocenters. The highest BCUT2D eigenvalue weighted by molar-refractivity contribution is 7.18. The van der Waals surface area contributed by atoms with Gasteiger partial charge in [0, 0.05) is 19.3 Å². The molecular weight excluding hydrogens is 437 g/mol. The van der Waals surface area contributed by atoms with Gasteiger partial charge < -0.3 is 16.8 Å². The summed E-state index contributed by atoms with van der Waals surface area (Å²) >= 11 is 1.56. The van der Waals surface area contributed by atoms with E-state index in [0.29, 0.717) is 13.1 Å². The van der Waals surface area contributed by atoms with E-state index in [1.807, 2.05) is 44.3 Å². The number of alkyl halides is 3. The number of primary amides is 1. The Labute approximate surface area is 189 Å². The van der Waals surface area contributed by atoms with Crippen molar-refractivity contribution in [1.82, 2.24) is 4.98 Å². The van der Waals surface area contributed by atoms with Gasteiger partial charge >= 0.3 is 6.18 Å². The van der Waals surface area contributed by atoms with E-state index < -0.39 is 17.2 Å². The lowest BCUT2D eigenvalue weighted by atomic mass is 9.83. The van der Waals surface area contributed by atoms with Crippen molar-refractivity contribution in [2.45, 2.75) is 32.4 Å². The maximum atomic E-state index is 11.9. The van der Waals surface area contributed by atoms with E-state index in [9.17, 15) is 18.0 Å². The zero-order valence-electron chi connectivity index (χ0n) is 18.2. The van der Waals surface area contributed by atoms with Gasteiger partial charge in [0.05, 0.1) is 15.9 Å². The van der Waals surface area contributed by atoms with Crippen LogP contribution in [0.1, 0.15) is 30.5 Å². The summed E-state index contributed by atoms with van der Waals surface area (Å²) in [5.41, 5.74) is 12.4. The summed E-state index contributed by atoms with van der Waals surface area (Å²) in [6, 6.07) is 12.9. The number of amides is 1. The highest BCUT2D eigenvalue weighted by Gasteiger charge is 2.29. The van der Waals surface area contributed by atoms with Gasteiger partial charge in [0.15, 0.2) is 5.13 Å². The Morgan fingerprint density at radius 2 is 1.75 bits per heavy atom. The van der Waals surface area contributed by atoms with Crippen molar-refractivity contribution in [2.75, 3.05) is 18.4 Å². The van der Waals surface area contributed by atoms with Crippen molar-refractivity contribution in [3.8, 4) is 10.4 Å². The second-order valence-corrected chi connectivity index (χ2v) is 8.71. The first kappa shape index (κ1) is 25.4. The molecule has 1 aromatic heterocycles. The molecule has 0 aliphatic rings.